The minimum atomic E-state index is -0.280. The predicted octanol–water partition coefficient (Wildman–Crippen LogP) is 2.82. The summed E-state index contributed by atoms with van der Waals surface area (Å²) in [6.07, 6.45) is 2.10. The van der Waals surface area contributed by atoms with E-state index in [0.29, 0.717) is 11.6 Å². The maximum Gasteiger partial charge on any atom is 0.310 e. The lowest BCUT2D eigenvalue weighted by Gasteiger charge is -2.05. The van der Waals surface area contributed by atoms with Crippen LogP contribution in [0.4, 0.5) is 0 Å². The third-order valence-electron chi connectivity index (χ3n) is 2.72. The van der Waals surface area contributed by atoms with Crippen molar-refractivity contribution in [1.82, 2.24) is 9.78 Å². The summed E-state index contributed by atoms with van der Waals surface area (Å²) < 4.78 is 6.78. The summed E-state index contributed by atoms with van der Waals surface area (Å²) in [5.74, 6) is -0.280. The second kappa shape index (κ2) is 5.40. The summed E-state index contributed by atoms with van der Waals surface area (Å²) in [6, 6.07) is 3.70. The SMILES string of the molecule is CCOC(=O)Cc1c(Cl)ccc2cn(CC)nc12. The molecule has 0 radical (unpaired) electrons. The molecule has 4 nitrogen and oxygen atoms in total. The molecule has 0 fully saturated rings. The molecular weight excluding hydrogens is 252 g/mol. The van der Waals surface area contributed by atoms with Crippen molar-refractivity contribution in [2.24, 2.45) is 0 Å². The van der Waals surface area contributed by atoms with Gasteiger partial charge < -0.3 is 4.74 Å². The Morgan fingerprint density at radius 1 is 1.44 bits per heavy atom. The van der Waals surface area contributed by atoms with E-state index in [0.717, 1.165) is 23.0 Å². The molecule has 5 heteroatoms. The summed E-state index contributed by atoms with van der Waals surface area (Å²) in [6.45, 7) is 4.95. The van der Waals surface area contributed by atoms with Crippen LogP contribution in [0, 0.1) is 0 Å². The first-order valence-electron chi connectivity index (χ1n) is 5.95. The van der Waals surface area contributed by atoms with Crippen molar-refractivity contribution in [3.05, 3.63) is 28.9 Å². The van der Waals surface area contributed by atoms with Crippen LogP contribution in [0.25, 0.3) is 10.9 Å². The van der Waals surface area contributed by atoms with Gasteiger partial charge in [0.05, 0.1) is 18.5 Å². The Labute approximate surface area is 110 Å². The molecule has 18 heavy (non-hydrogen) atoms. The number of esters is 1. The van der Waals surface area contributed by atoms with E-state index >= 15 is 0 Å². The maximum atomic E-state index is 11.6. The molecule has 0 unspecified atom stereocenters. The number of hydrogen-bond acceptors (Lipinski definition) is 3. The Kier molecular flexibility index (Phi) is 3.87. The highest BCUT2D eigenvalue weighted by molar-refractivity contribution is 6.32. The van der Waals surface area contributed by atoms with Crippen molar-refractivity contribution in [3.8, 4) is 0 Å². The van der Waals surface area contributed by atoms with Crippen LogP contribution in [-0.2, 0) is 22.5 Å². The third kappa shape index (κ3) is 2.48. The molecule has 1 aromatic carbocycles. The van der Waals surface area contributed by atoms with E-state index in [9.17, 15) is 4.79 Å². The third-order valence-corrected chi connectivity index (χ3v) is 3.08. The van der Waals surface area contributed by atoms with E-state index in [-0.39, 0.29) is 12.4 Å². The van der Waals surface area contributed by atoms with Gasteiger partial charge in [-0.25, -0.2) is 0 Å². The van der Waals surface area contributed by atoms with E-state index in [1.807, 2.05) is 23.9 Å². The lowest BCUT2D eigenvalue weighted by molar-refractivity contribution is -0.142. The van der Waals surface area contributed by atoms with Crippen LogP contribution >= 0.6 is 11.6 Å². The Balaban J connectivity index is 2.43. The first-order chi connectivity index (χ1) is 8.65. The fraction of sp³-hybridized carbons (Fsp3) is 0.385. The Morgan fingerprint density at radius 3 is 2.89 bits per heavy atom. The van der Waals surface area contributed by atoms with Gasteiger partial charge in [-0.2, -0.15) is 5.10 Å². The summed E-state index contributed by atoms with van der Waals surface area (Å²) >= 11 is 6.14. The van der Waals surface area contributed by atoms with Crippen LogP contribution in [0.5, 0.6) is 0 Å². The van der Waals surface area contributed by atoms with Crippen molar-refractivity contribution >= 4 is 28.5 Å². The van der Waals surface area contributed by atoms with Gasteiger partial charge in [0.1, 0.15) is 0 Å². The summed E-state index contributed by atoms with van der Waals surface area (Å²) in [4.78, 5) is 11.6. The second-order valence-electron chi connectivity index (χ2n) is 3.93. The number of nitrogens with zero attached hydrogens (tertiary/aromatic N) is 2. The zero-order valence-electron chi connectivity index (χ0n) is 10.4. The van der Waals surface area contributed by atoms with E-state index in [4.69, 9.17) is 16.3 Å². The molecule has 0 saturated heterocycles. The quantitative estimate of drug-likeness (QED) is 0.800. The highest BCUT2D eigenvalue weighted by Gasteiger charge is 2.14. The van der Waals surface area contributed by atoms with Gasteiger partial charge in [-0.05, 0) is 26.0 Å². The standard InChI is InChI=1S/C13H15ClN2O2/c1-3-16-8-9-5-6-11(14)10(13(9)15-16)7-12(17)18-4-2/h5-6,8H,3-4,7H2,1-2H3. The Morgan fingerprint density at radius 2 is 2.22 bits per heavy atom. The number of ether oxygens (including phenoxy) is 1. The van der Waals surface area contributed by atoms with Crippen LogP contribution < -0.4 is 0 Å². The summed E-state index contributed by atoms with van der Waals surface area (Å²) in [5, 5.41) is 5.97. The Bertz CT molecular complexity index is 578. The number of rotatable bonds is 4. The number of halogens is 1. The number of fused-ring (bicyclic) bond motifs is 1. The number of carbonyl (C=O) groups excluding carboxylic acids is 1. The highest BCUT2D eigenvalue weighted by atomic mass is 35.5. The van der Waals surface area contributed by atoms with Crippen LogP contribution in [-0.4, -0.2) is 22.4 Å². The van der Waals surface area contributed by atoms with E-state index in [1.54, 1.807) is 13.0 Å². The van der Waals surface area contributed by atoms with Gasteiger partial charge in [0.25, 0.3) is 0 Å². The number of hydrogen-bond donors (Lipinski definition) is 0. The minimum Gasteiger partial charge on any atom is -0.466 e. The van der Waals surface area contributed by atoms with Gasteiger partial charge in [-0.15, -0.1) is 0 Å². The molecule has 96 valence electrons. The van der Waals surface area contributed by atoms with E-state index in [2.05, 4.69) is 5.10 Å². The van der Waals surface area contributed by atoms with Crippen LogP contribution in [0.2, 0.25) is 5.02 Å². The average molecular weight is 267 g/mol. The van der Waals surface area contributed by atoms with Gasteiger partial charge in [0.2, 0.25) is 0 Å². The molecule has 2 aromatic rings. The molecule has 0 aliphatic carbocycles. The molecule has 0 amide bonds. The first-order valence-corrected chi connectivity index (χ1v) is 6.33. The van der Waals surface area contributed by atoms with Crippen LogP contribution in [0.15, 0.2) is 18.3 Å². The second-order valence-corrected chi connectivity index (χ2v) is 4.34. The fourth-order valence-corrected chi connectivity index (χ4v) is 2.08. The van der Waals surface area contributed by atoms with Crippen molar-refractivity contribution in [2.45, 2.75) is 26.8 Å². The highest BCUT2D eigenvalue weighted by Crippen LogP contribution is 2.25. The lowest BCUT2D eigenvalue weighted by Crippen LogP contribution is -2.08. The van der Waals surface area contributed by atoms with Crippen molar-refractivity contribution < 1.29 is 9.53 Å². The van der Waals surface area contributed by atoms with Gasteiger partial charge in [-0.3, -0.25) is 9.48 Å². The van der Waals surface area contributed by atoms with Crippen LogP contribution in [0.1, 0.15) is 19.4 Å². The normalized spacial score (nSPS) is 10.8. The van der Waals surface area contributed by atoms with Crippen LogP contribution in [0.3, 0.4) is 0 Å². The largest absolute Gasteiger partial charge is 0.466 e. The predicted molar refractivity (Wildman–Crippen MR) is 70.8 cm³/mol. The molecular formula is C13H15ClN2O2. The zero-order valence-corrected chi connectivity index (χ0v) is 11.2. The monoisotopic (exact) mass is 266 g/mol. The number of carbonyl (C=O) groups is 1. The number of aryl methyl sites for hydroxylation is 1. The van der Waals surface area contributed by atoms with Gasteiger partial charge in [-0.1, -0.05) is 11.6 Å². The number of aromatic nitrogens is 2. The maximum absolute atomic E-state index is 11.6. The number of benzene rings is 1. The van der Waals surface area contributed by atoms with Crippen molar-refractivity contribution in [1.29, 1.82) is 0 Å². The van der Waals surface area contributed by atoms with Gasteiger partial charge >= 0.3 is 5.97 Å². The molecule has 0 atom stereocenters. The molecule has 0 bridgehead atoms. The van der Waals surface area contributed by atoms with Crippen molar-refractivity contribution in [2.75, 3.05) is 6.61 Å². The van der Waals surface area contributed by atoms with Gasteiger partial charge in [0, 0.05) is 28.7 Å². The summed E-state index contributed by atoms with van der Waals surface area (Å²) in [5.41, 5.74) is 1.51. The molecule has 0 aliphatic heterocycles. The van der Waals surface area contributed by atoms with E-state index in [1.165, 1.54) is 0 Å². The molecule has 1 aromatic heterocycles. The summed E-state index contributed by atoms with van der Waals surface area (Å²) in [7, 11) is 0. The molecule has 0 N–H and O–H groups in total. The van der Waals surface area contributed by atoms with Gasteiger partial charge in [0.15, 0.2) is 0 Å². The lowest BCUT2D eigenvalue weighted by atomic mass is 10.1. The van der Waals surface area contributed by atoms with E-state index < -0.39 is 0 Å². The zero-order chi connectivity index (χ0) is 13.1. The fourth-order valence-electron chi connectivity index (χ4n) is 1.86. The average Bonchev–Trinajstić information content (AvgIpc) is 2.76. The smallest absolute Gasteiger partial charge is 0.310 e. The molecule has 0 aliphatic rings. The van der Waals surface area contributed by atoms with Crippen molar-refractivity contribution in [3.63, 3.8) is 0 Å². The molecule has 0 spiro atoms. The Hall–Kier alpha value is -1.55. The molecule has 0 saturated carbocycles. The molecule has 1 heterocycles. The minimum absolute atomic E-state index is 0.157. The molecule has 2 rings (SSSR count). The first kappa shape index (κ1) is 12.9. The topological polar surface area (TPSA) is 44.1 Å².